The topological polar surface area (TPSA) is 70.7 Å². The van der Waals surface area contributed by atoms with Crippen LogP contribution in [0.2, 0.25) is 5.15 Å². The number of amides is 1. The Bertz CT molecular complexity index is 539. The average Bonchev–Trinajstić information content (AvgIpc) is 2.88. The standard InChI is InChI=1S/C12H13ClN4O/c1-2-10-3-9(4-11(13)17-10)12(18)14-5-8-6-15-16-7-8/h3-4,6-7H,2,5H2,1H3,(H,14,18)(H,15,16). The van der Waals surface area contributed by atoms with E-state index in [0.717, 1.165) is 17.7 Å². The zero-order valence-corrected chi connectivity index (χ0v) is 10.7. The highest BCUT2D eigenvalue weighted by Gasteiger charge is 2.08. The van der Waals surface area contributed by atoms with Crippen molar-refractivity contribution >= 4 is 17.5 Å². The van der Waals surface area contributed by atoms with E-state index in [-0.39, 0.29) is 5.91 Å². The van der Waals surface area contributed by atoms with Crippen LogP contribution in [0.4, 0.5) is 0 Å². The molecule has 0 fully saturated rings. The lowest BCUT2D eigenvalue weighted by Gasteiger charge is -2.05. The van der Waals surface area contributed by atoms with Gasteiger partial charge in [0, 0.05) is 29.6 Å². The van der Waals surface area contributed by atoms with Gasteiger partial charge in [-0.1, -0.05) is 18.5 Å². The molecule has 2 aromatic rings. The summed E-state index contributed by atoms with van der Waals surface area (Å²) in [4.78, 5) is 16.0. The first-order valence-corrected chi connectivity index (χ1v) is 5.99. The first-order valence-electron chi connectivity index (χ1n) is 5.61. The second-order valence-electron chi connectivity index (χ2n) is 3.81. The maximum absolute atomic E-state index is 11.9. The number of rotatable bonds is 4. The van der Waals surface area contributed by atoms with Crippen LogP contribution in [0.25, 0.3) is 0 Å². The fraction of sp³-hybridized carbons (Fsp3) is 0.250. The number of H-pyrrole nitrogens is 1. The van der Waals surface area contributed by atoms with Gasteiger partial charge in [0.05, 0.1) is 6.20 Å². The molecule has 94 valence electrons. The zero-order chi connectivity index (χ0) is 13.0. The maximum atomic E-state index is 11.9. The van der Waals surface area contributed by atoms with Gasteiger partial charge in [-0.05, 0) is 18.6 Å². The van der Waals surface area contributed by atoms with Crippen LogP contribution in [0, 0.1) is 0 Å². The number of aromatic amines is 1. The highest BCUT2D eigenvalue weighted by atomic mass is 35.5. The minimum atomic E-state index is -0.171. The van der Waals surface area contributed by atoms with E-state index >= 15 is 0 Å². The van der Waals surface area contributed by atoms with E-state index in [1.807, 2.05) is 6.92 Å². The van der Waals surface area contributed by atoms with Crippen LogP contribution in [-0.4, -0.2) is 21.1 Å². The molecule has 2 N–H and O–H groups in total. The normalized spacial score (nSPS) is 10.3. The van der Waals surface area contributed by atoms with Crippen LogP contribution < -0.4 is 5.32 Å². The van der Waals surface area contributed by atoms with Crippen molar-refractivity contribution in [1.29, 1.82) is 0 Å². The molecule has 6 heteroatoms. The van der Waals surface area contributed by atoms with E-state index in [9.17, 15) is 4.79 Å². The quantitative estimate of drug-likeness (QED) is 0.829. The Kier molecular flexibility index (Phi) is 3.94. The highest BCUT2D eigenvalue weighted by molar-refractivity contribution is 6.29. The third kappa shape index (κ3) is 3.07. The Balaban J connectivity index is 2.06. The van der Waals surface area contributed by atoms with E-state index < -0.39 is 0 Å². The van der Waals surface area contributed by atoms with E-state index in [1.54, 1.807) is 24.5 Å². The van der Waals surface area contributed by atoms with Gasteiger partial charge in [0.1, 0.15) is 5.15 Å². The minimum Gasteiger partial charge on any atom is -0.348 e. The maximum Gasteiger partial charge on any atom is 0.251 e. The molecular weight excluding hydrogens is 252 g/mol. The summed E-state index contributed by atoms with van der Waals surface area (Å²) in [6.07, 6.45) is 4.14. The summed E-state index contributed by atoms with van der Waals surface area (Å²) < 4.78 is 0. The summed E-state index contributed by atoms with van der Waals surface area (Å²) in [5.41, 5.74) is 2.24. The lowest BCUT2D eigenvalue weighted by atomic mass is 10.2. The first kappa shape index (κ1) is 12.6. The highest BCUT2D eigenvalue weighted by Crippen LogP contribution is 2.11. The molecule has 0 aliphatic rings. The summed E-state index contributed by atoms with van der Waals surface area (Å²) in [5.74, 6) is -0.171. The predicted molar refractivity (Wildman–Crippen MR) is 68.4 cm³/mol. The van der Waals surface area contributed by atoms with Gasteiger partial charge in [0.25, 0.3) is 5.91 Å². The lowest BCUT2D eigenvalue weighted by molar-refractivity contribution is 0.0950. The Labute approximate surface area is 110 Å². The molecule has 1 amide bonds. The number of carbonyl (C=O) groups is 1. The van der Waals surface area contributed by atoms with Gasteiger partial charge in [-0.3, -0.25) is 9.89 Å². The van der Waals surface area contributed by atoms with Gasteiger partial charge in [0.2, 0.25) is 0 Å². The SMILES string of the molecule is CCc1cc(C(=O)NCc2cn[nH]c2)cc(Cl)n1. The van der Waals surface area contributed by atoms with Crippen molar-refractivity contribution in [1.82, 2.24) is 20.5 Å². The number of aromatic nitrogens is 3. The minimum absolute atomic E-state index is 0.171. The molecule has 0 spiro atoms. The van der Waals surface area contributed by atoms with Crippen LogP contribution in [-0.2, 0) is 13.0 Å². The summed E-state index contributed by atoms with van der Waals surface area (Å²) in [7, 11) is 0. The fourth-order valence-electron chi connectivity index (χ4n) is 1.52. The molecule has 0 unspecified atom stereocenters. The number of halogens is 1. The van der Waals surface area contributed by atoms with Gasteiger partial charge in [-0.25, -0.2) is 4.98 Å². The van der Waals surface area contributed by atoms with Crippen LogP contribution in [0.5, 0.6) is 0 Å². The zero-order valence-electron chi connectivity index (χ0n) is 9.90. The summed E-state index contributed by atoms with van der Waals surface area (Å²) in [6.45, 7) is 2.39. The van der Waals surface area contributed by atoms with Gasteiger partial charge in [-0.2, -0.15) is 5.10 Å². The molecule has 0 aliphatic carbocycles. The van der Waals surface area contributed by atoms with E-state index in [4.69, 9.17) is 11.6 Å². The smallest absolute Gasteiger partial charge is 0.251 e. The van der Waals surface area contributed by atoms with Crippen LogP contribution in [0.15, 0.2) is 24.5 Å². The monoisotopic (exact) mass is 264 g/mol. The molecule has 0 saturated carbocycles. The van der Waals surface area contributed by atoms with E-state index in [1.165, 1.54) is 0 Å². The summed E-state index contributed by atoms with van der Waals surface area (Å²) in [5, 5.41) is 9.63. The summed E-state index contributed by atoms with van der Waals surface area (Å²) >= 11 is 5.87. The second-order valence-corrected chi connectivity index (χ2v) is 4.20. The number of hydrogen-bond acceptors (Lipinski definition) is 3. The van der Waals surface area contributed by atoms with Crippen molar-refractivity contribution in [2.24, 2.45) is 0 Å². The molecular formula is C12H13ClN4O. The second kappa shape index (κ2) is 5.64. The third-order valence-corrected chi connectivity index (χ3v) is 2.67. The molecule has 2 heterocycles. The van der Waals surface area contributed by atoms with Crippen molar-refractivity contribution in [2.75, 3.05) is 0 Å². The molecule has 2 rings (SSSR count). The Morgan fingerprint density at radius 3 is 3.00 bits per heavy atom. The van der Waals surface area contributed by atoms with Crippen molar-refractivity contribution in [3.63, 3.8) is 0 Å². The summed E-state index contributed by atoms with van der Waals surface area (Å²) in [6, 6.07) is 3.31. The van der Waals surface area contributed by atoms with Crippen LogP contribution in [0.1, 0.15) is 28.5 Å². The van der Waals surface area contributed by atoms with Crippen molar-refractivity contribution < 1.29 is 4.79 Å². The van der Waals surface area contributed by atoms with Crippen LogP contribution in [0.3, 0.4) is 0 Å². The predicted octanol–water partition coefficient (Wildman–Crippen LogP) is 1.95. The van der Waals surface area contributed by atoms with Gasteiger partial charge < -0.3 is 5.32 Å². The van der Waals surface area contributed by atoms with Gasteiger partial charge >= 0.3 is 0 Å². The molecule has 0 aliphatic heterocycles. The molecule has 5 nitrogen and oxygen atoms in total. The number of pyridine rings is 1. The molecule has 18 heavy (non-hydrogen) atoms. The number of hydrogen-bond donors (Lipinski definition) is 2. The molecule has 2 aromatic heterocycles. The van der Waals surface area contributed by atoms with E-state index in [0.29, 0.717) is 17.3 Å². The number of nitrogens with one attached hydrogen (secondary N) is 2. The van der Waals surface area contributed by atoms with E-state index in [2.05, 4.69) is 20.5 Å². The van der Waals surface area contributed by atoms with Crippen LogP contribution >= 0.6 is 11.6 Å². The number of aryl methyl sites for hydroxylation is 1. The Morgan fingerprint density at radius 2 is 2.33 bits per heavy atom. The fourth-order valence-corrected chi connectivity index (χ4v) is 1.75. The number of nitrogens with zero attached hydrogens (tertiary/aromatic N) is 2. The first-order chi connectivity index (χ1) is 8.69. The van der Waals surface area contributed by atoms with Crippen molar-refractivity contribution in [2.45, 2.75) is 19.9 Å². The molecule has 0 saturated heterocycles. The number of carbonyl (C=O) groups excluding carboxylic acids is 1. The average molecular weight is 265 g/mol. The molecule has 0 radical (unpaired) electrons. The Morgan fingerprint density at radius 1 is 1.50 bits per heavy atom. The third-order valence-electron chi connectivity index (χ3n) is 2.48. The van der Waals surface area contributed by atoms with Gasteiger partial charge in [-0.15, -0.1) is 0 Å². The molecule has 0 aromatic carbocycles. The van der Waals surface area contributed by atoms with Gasteiger partial charge in [0.15, 0.2) is 0 Å². The Hall–Kier alpha value is -1.88. The largest absolute Gasteiger partial charge is 0.348 e. The lowest BCUT2D eigenvalue weighted by Crippen LogP contribution is -2.22. The molecule has 0 atom stereocenters. The van der Waals surface area contributed by atoms with Crippen molar-refractivity contribution in [3.05, 3.63) is 46.5 Å². The molecule has 0 bridgehead atoms. The van der Waals surface area contributed by atoms with Crippen molar-refractivity contribution in [3.8, 4) is 0 Å².